The van der Waals surface area contributed by atoms with Crippen molar-refractivity contribution in [1.82, 2.24) is 4.31 Å². The molecule has 1 aromatic heterocycles. The third kappa shape index (κ3) is 2.65. The number of halogens is 1. The first kappa shape index (κ1) is 14.5. The number of sulfonamides is 1. The van der Waals surface area contributed by atoms with Gasteiger partial charge in [0.05, 0.1) is 21.4 Å². The van der Waals surface area contributed by atoms with Crippen LogP contribution < -0.4 is 0 Å². The van der Waals surface area contributed by atoms with Crippen molar-refractivity contribution < 1.29 is 13.2 Å². The van der Waals surface area contributed by atoms with E-state index in [-0.39, 0.29) is 12.1 Å². The topological polar surface area (TPSA) is 46.6 Å². The third-order valence-electron chi connectivity index (χ3n) is 2.98. The van der Waals surface area contributed by atoms with E-state index >= 15 is 0 Å². The number of rotatable bonds is 2. The molecule has 1 aromatic rings. The maximum absolute atomic E-state index is 12.6. The van der Waals surface area contributed by atoms with Crippen LogP contribution in [0.1, 0.15) is 18.7 Å². The molecule has 2 rings (SSSR count). The Balaban J connectivity index is 2.38. The molecule has 0 bridgehead atoms. The van der Waals surface area contributed by atoms with Gasteiger partial charge in [-0.3, -0.25) is 0 Å². The second-order valence-electron chi connectivity index (χ2n) is 4.54. The van der Waals surface area contributed by atoms with Crippen molar-refractivity contribution in [2.24, 2.45) is 0 Å². The van der Waals surface area contributed by atoms with Gasteiger partial charge in [-0.1, -0.05) is 0 Å². The predicted molar refractivity (Wildman–Crippen MR) is 75.5 cm³/mol. The summed E-state index contributed by atoms with van der Waals surface area (Å²) in [6.07, 6.45) is -0.0571. The van der Waals surface area contributed by atoms with Crippen LogP contribution in [0.3, 0.4) is 0 Å². The monoisotopic (exact) mass is 353 g/mol. The lowest BCUT2D eigenvalue weighted by Gasteiger charge is -2.35. The second kappa shape index (κ2) is 5.20. The van der Waals surface area contributed by atoms with Gasteiger partial charge in [-0.15, -0.1) is 11.3 Å². The Labute approximate surface area is 120 Å². The van der Waals surface area contributed by atoms with Crippen LogP contribution in [0.4, 0.5) is 0 Å². The highest BCUT2D eigenvalue weighted by Gasteiger charge is 2.35. The average molecular weight is 354 g/mol. The first-order chi connectivity index (χ1) is 8.32. The van der Waals surface area contributed by atoms with Crippen LogP contribution >= 0.6 is 27.3 Å². The minimum atomic E-state index is -3.42. The third-order valence-corrected chi connectivity index (χ3v) is 6.77. The van der Waals surface area contributed by atoms with Gasteiger partial charge in [0.25, 0.3) is 0 Å². The molecule has 7 heteroatoms. The number of morpholine rings is 1. The van der Waals surface area contributed by atoms with E-state index in [0.717, 1.165) is 8.66 Å². The zero-order valence-electron chi connectivity index (χ0n) is 10.5. The molecule has 1 fully saturated rings. The zero-order valence-corrected chi connectivity index (χ0v) is 13.7. The lowest BCUT2D eigenvalue weighted by atomic mass is 10.2. The van der Waals surface area contributed by atoms with Crippen molar-refractivity contribution in [3.8, 4) is 0 Å². The molecule has 1 aliphatic rings. The molecular formula is C11H16BrNO3S2. The van der Waals surface area contributed by atoms with Gasteiger partial charge >= 0.3 is 0 Å². The van der Waals surface area contributed by atoms with Crippen molar-refractivity contribution in [2.75, 3.05) is 13.2 Å². The fourth-order valence-electron chi connectivity index (χ4n) is 2.02. The van der Waals surface area contributed by atoms with E-state index in [2.05, 4.69) is 15.9 Å². The van der Waals surface area contributed by atoms with E-state index in [9.17, 15) is 8.42 Å². The van der Waals surface area contributed by atoms with Crippen molar-refractivity contribution in [2.45, 2.75) is 37.8 Å². The van der Waals surface area contributed by atoms with Crippen LogP contribution in [-0.4, -0.2) is 38.0 Å². The predicted octanol–water partition coefficient (Wildman–Crippen LogP) is 2.62. The Morgan fingerprint density at radius 3 is 2.72 bits per heavy atom. The highest BCUT2D eigenvalue weighted by molar-refractivity contribution is 9.11. The summed E-state index contributed by atoms with van der Waals surface area (Å²) < 4.78 is 33.1. The van der Waals surface area contributed by atoms with Crippen LogP contribution in [0.15, 0.2) is 14.7 Å². The van der Waals surface area contributed by atoms with Crippen LogP contribution in [0.5, 0.6) is 0 Å². The van der Waals surface area contributed by atoms with Crippen molar-refractivity contribution in [1.29, 1.82) is 0 Å². The summed E-state index contributed by atoms with van der Waals surface area (Å²) in [6.45, 7) is 6.46. The summed E-state index contributed by atoms with van der Waals surface area (Å²) in [4.78, 5) is 1.22. The largest absolute Gasteiger partial charge is 0.375 e. The summed E-state index contributed by atoms with van der Waals surface area (Å²) in [5, 5.41) is 0. The van der Waals surface area contributed by atoms with Crippen LogP contribution in [-0.2, 0) is 14.8 Å². The van der Waals surface area contributed by atoms with Gasteiger partial charge in [0.2, 0.25) is 10.0 Å². The van der Waals surface area contributed by atoms with E-state index in [1.807, 2.05) is 20.8 Å². The Hall–Kier alpha value is 0.0500. The van der Waals surface area contributed by atoms with Gasteiger partial charge in [0.15, 0.2) is 0 Å². The van der Waals surface area contributed by atoms with Crippen molar-refractivity contribution in [3.63, 3.8) is 0 Å². The quantitative estimate of drug-likeness (QED) is 0.820. The van der Waals surface area contributed by atoms with Gasteiger partial charge in [0.1, 0.15) is 0 Å². The lowest BCUT2D eigenvalue weighted by Crippen LogP contribution is -2.50. The maximum atomic E-state index is 12.6. The molecule has 0 saturated carbocycles. The number of hydrogen-bond acceptors (Lipinski definition) is 4. The SMILES string of the molecule is Cc1sc(Br)cc1S(=O)(=O)N1CC(C)OCC1C. The van der Waals surface area contributed by atoms with Crippen molar-refractivity contribution in [3.05, 3.63) is 14.7 Å². The fraction of sp³-hybridized carbons (Fsp3) is 0.636. The highest BCUT2D eigenvalue weighted by atomic mass is 79.9. The van der Waals surface area contributed by atoms with E-state index < -0.39 is 10.0 Å². The van der Waals surface area contributed by atoms with Crippen molar-refractivity contribution >= 4 is 37.3 Å². The summed E-state index contributed by atoms with van der Waals surface area (Å²) in [7, 11) is -3.42. The van der Waals surface area contributed by atoms with Crippen LogP contribution in [0.2, 0.25) is 0 Å². The number of thiophene rings is 1. The number of hydrogen-bond donors (Lipinski definition) is 0. The zero-order chi connectivity index (χ0) is 13.5. The Bertz CT molecular complexity index is 540. The highest BCUT2D eigenvalue weighted by Crippen LogP contribution is 2.33. The average Bonchev–Trinajstić information content (AvgIpc) is 2.62. The molecule has 2 unspecified atom stereocenters. The molecule has 1 saturated heterocycles. The minimum absolute atomic E-state index is 0.0571. The molecule has 2 heterocycles. The molecule has 0 aliphatic carbocycles. The molecule has 2 atom stereocenters. The van der Waals surface area contributed by atoms with Crippen LogP contribution in [0.25, 0.3) is 0 Å². The Morgan fingerprint density at radius 2 is 2.17 bits per heavy atom. The van der Waals surface area contributed by atoms with E-state index in [1.54, 1.807) is 10.4 Å². The van der Waals surface area contributed by atoms with Gasteiger partial charge < -0.3 is 4.74 Å². The number of ether oxygens (including phenoxy) is 1. The van der Waals surface area contributed by atoms with Gasteiger partial charge in [-0.25, -0.2) is 8.42 Å². The van der Waals surface area contributed by atoms with Gasteiger partial charge in [-0.2, -0.15) is 4.31 Å². The van der Waals surface area contributed by atoms with E-state index in [0.29, 0.717) is 18.0 Å². The summed E-state index contributed by atoms with van der Waals surface area (Å²) in [6, 6.07) is 1.56. The summed E-state index contributed by atoms with van der Waals surface area (Å²) in [5.41, 5.74) is 0. The summed E-state index contributed by atoms with van der Waals surface area (Å²) in [5.74, 6) is 0. The van der Waals surface area contributed by atoms with Gasteiger partial charge in [0, 0.05) is 17.5 Å². The number of nitrogens with zero attached hydrogens (tertiary/aromatic N) is 1. The first-order valence-corrected chi connectivity index (χ1v) is 8.76. The fourth-order valence-corrected chi connectivity index (χ4v) is 6.10. The second-order valence-corrected chi connectivity index (χ2v) is 9.03. The smallest absolute Gasteiger partial charge is 0.244 e. The molecule has 0 N–H and O–H groups in total. The molecule has 0 amide bonds. The first-order valence-electron chi connectivity index (χ1n) is 5.71. The number of aryl methyl sites for hydroxylation is 1. The molecule has 0 radical (unpaired) electrons. The van der Waals surface area contributed by atoms with E-state index in [4.69, 9.17) is 4.74 Å². The summed E-state index contributed by atoms with van der Waals surface area (Å²) >= 11 is 4.78. The normalized spacial score (nSPS) is 26.4. The molecule has 1 aliphatic heterocycles. The van der Waals surface area contributed by atoms with Crippen LogP contribution in [0, 0.1) is 6.92 Å². The molecule has 0 aromatic carbocycles. The molecule has 102 valence electrons. The Morgan fingerprint density at radius 1 is 1.50 bits per heavy atom. The Kier molecular flexibility index (Phi) is 4.18. The molecule has 4 nitrogen and oxygen atoms in total. The standard InChI is InChI=1S/C11H16BrNO3S2/c1-7-6-16-8(2)5-13(7)18(14,15)10-4-11(12)17-9(10)3/h4,7-8H,5-6H2,1-3H3. The molecule has 18 heavy (non-hydrogen) atoms. The van der Waals surface area contributed by atoms with E-state index in [1.165, 1.54) is 11.3 Å². The lowest BCUT2D eigenvalue weighted by molar-refractivity contribution is -0.0170. The minimum Gasteiger partial charge on any atom is -0.375 e. The molecule has 0 spiro atoms. The maximum Gasteiger partial charge on any atom is 0.244 e. The molecular weight excluding hydrogens is 338 g/mol. The van der Waals surface area contributed by atoms with Gasteiger partial charge in [-0.05, 0) is 42.8 Å².